The molecule has 1 fully saturated rings. The van der Waals surface area contributed by atoms with Crippen molar-refractivity contribution in [3.05, 3.63) is 54.1 Å². The van der Waals surface area contributed by atoms with Gasteiger partial charge in [0.1, 0.15) is 10.7 Å². The minimum absolute atomic E-state index is 0.0476. The average molecular weight is 335 g/mol. The Morgan fingerprint density at radius 3 is 2.70 bits per heavy atom. The van der Waals surface area contributed by atoms with Crippen molar-refractivity contribution in [2.24, 2.45) is 0 Å². The van der Waals surface area contributed by atoms with E-state index in [2.05, 4.69) is 15.0 Å². The lowest BCUT2D eigenvalue weighted by Gasteiger charge is -2.09. The van der Waals surface area contributed by atoms with Gasteiger partial charge in [0, 0.05) is 17.8 Å². The predicted octanol–water partition coefficient (Wildman–Crippen LogP) is 1.91. The van der Waals surface area contributed by atoms with Gasteiger partial charge in [-0.2, -0.15) is 0 Å². The molecule has 1 aliphatic rings. The summed E-state index contributed by atoms with van der Waals surface area (Å²) in [5.74, 6) is -1.43. The molecule has 23 heavy (non-hydrogen) atoms. The van der Waals surface area contributed by atoms with Crippen LogP contribution < -0.4 is 10.0 Å². The molecule has 0 atom stereocenters. The zero-order chi connectivity index (χ0) is 16.4. The highest BCUT2D eigenvalue weighted by Gasteiger charge is 2.30. The highest BCUT2D eigenvalue weighted by atomic mass is 32.2. The maximum absolute atomic E-state index is 13.9. The first-order valence-corrected chi connectivity index (χ1v) is 8.47. The Morgan fingerprint density at radius 1 is 1.26 bits per heavy atom. The lowest BCUT2D eigenvalue weighted by molar-refractivity contribution is 0.102. The third-order valence-corrected chi connectivity index (χ3v) is 4.84. The van der Waals surface area contributed by atoms with Gasteiger partial charge in [-0.05, 0) is 43.2 Å². The summed E-state index contributed by atoms with van der Waals surface area (Å²) in [7, 11) is -3.97. The number of amides is 1. The molecule has 1 aromatic heterocycles. The molecular weight excluding hydrogens is 321 g/mol. The van der Waals surface area contributed by atoms with Gasteiger partial charge in [-0.15, -0.1) is 0 Å². The molecule has 8 heteroatoms. The molecule has 0 spiro atoms. The van der Waals surface area contributed by atoms with Crippen LogP contribution in [0.4, 0.5) is 10.1 Å². The van der Waals surface area contributed by atoms with E-state index in [1.165, 1.54) is 12.3 Å². The Morgan fingerprint density at radius 2 is 2.04 bits per heavy atom. The van der Waals surface area contributed by atoms with Crippen LogP contribution in [-0.4, -0.2) is 25.4 Å². The van der Waals surface area contributed by atoms with Gasteiger partial charge >= 0.3 is 0 Å². The molecular formula is C15H14FN3O3S. The van der Waals surface area contributed by atoms with Gasteiger partial charge in [0.25, 0.3) is 5.91 Å². The largest absolute Gasteiger partial charge is 0.321 e. The van der Waals surface area contributed by atoms with Crippen molar-refractivity contribution in [3.8, 4) is 0 Å². The monoisotopic (exact) mass is 335 g/mol. The third kappa shape index (κ3) is 3.72. The molecule has 0 radical (unpaired) electrons. The molecule has 0 bridgehead atoms. The van der Waals surface area contributed by atoms with E-state index in [0.717, 1.165) is 25.0 Å². The summed E-state index contributed by atoms with van der Waals surface area (Å²) in [4.78, 5) is 15.5. The summed E-state index contributed by atoms with van der Waals surface area (Å²) in [6, 6.07) is 6.38. The number of hydrogen-bond donors (Lipinski definition) is 2. The number of pyridine rings is 1. The second kappa shape index (κ2) is 6.05. The summed E-state index contributed by atoms with van der Waals surface area (Å²) in [5.41, 5.74) is 0.508. The number of anilines is 1. The van der Waals surface area contributed by atoms with E-state index in [1.807, 2.05) is 0 Å². The minimum Gasteiger partial charge on any atom is -0.321 e. The van der Waals surface area contributed by atoms with E-state index < -0.39 is 26.6 Å². The minimum atomic E-state index is -3.97. The van der Waals surface area contributed by atoms with E-state index >= 15 is 0 Å². The van der Waals surface area contributed by atoms with Crippen LogP contribution >= 0.6 is 0 Å². The molecule has 2 N–H and O–H groups in total. The summed E-state index contributed by atoms with van der Waals surface area (Å²) in [5, 5.41) is 2.57. The fourth-order valence-corrected chi connectivity index (χ4v) is 3.38. The zero-order valence-corrected chi connectivity index (χ0v) is 12.8. The van der Waals surface area contributed by atoms with Crippen LogP contribution in [0.25, 0.3) is 0 Å². The Hall–Kier alpha value is -2.32. The molecule has 0 aliphatic heterocycles. The van der Waals surface area contributed by atoms with Crippen molar-refractivity contribution in [2.75, 3.05) is 5.32 Å². The number of carbonyl (C=O) groups excluding carboxylic acids is 1. The highest BCUT2D eigenvalue weighted by Crippen LogP contribution is 2.24. The van der Waals surface area contributed by atoms with Gasteiger partial charge in [0.15, 0.2) is 0 Å². The van der Waals surface area contributed by atoms with Gasteiger partial charge in [-0.3, -0.25) is 9.78 Å². The van der Waals surface area contributed by atoms with Crippen LogP contribution in [0.2, 0.25) is 0 Å². The first-order valence-electron chi connectivity index (χ1n) is 6.99. The molecule has 1 aliphatic carbocycles. The van der Waals surface area contributed by atoms with E-state index in [-0.39, 0.29) is 11.6 Å². The molecule has 1 aromatic carbocycles. The number of aromatic nitrogens is 1. The van der Waals surface area contributed by atoms with Crippen LogP contribution in [0.1, 0.15) is 23.2 Å². The van der Waals surface area contributed by atoms with Crippen molar-refractivity contribution >= 4 is 21.6 Å². The van der Waals surface area contributed by atoms with Gasteiger partial charge < -0.3 is 5.32 Å². The summed E-state index contributed by atoms with van der Waals surface area (Å²) in [6.07, 6.45) is 4.49. The Balaban J connectivity index is 1.86. The van der Waals surface area contributed by atoms with Crippen LogP contribution in [0.15, 0.2) is 47.6 Å². The standard InChI is InChI=1S/C15H14FN3O3S/c16-13-6-3-10(15(20)18-12-2-1-7-17-9-12)8-14(13)23(21,22)19-11-4-5-11/h1-3,6-9,11,19H,4-5H2,(H,18,20). The van der Waals surface area contributed by atoms with Gasteiger partial charge in [0.2, 0.25) is 10.0 Å². The molecule has 1 saturated carbocycles. The maximum Gasteiger partial charge on any atom is 0.255 e. The van der Waals surface area contributed by atoms with Crippen molar-refractivity contribution in [1.29, 1.82) is 0 Å². The fraction of sp³-hybridized carbons (Fsp3) is 0.200. The van der Waals surface area contributed by atoms with Gasteiger partial charge in [-0.25, -0.2) is 17.5 Å². The van der Waals surface area contributed by atoms with Crippen LogP contribution in [0.3, 0.4) is 0 Å². The quantitative estimate of drug-likeness (QED) is 0.874. The molecule has 0 unspecified atom stereocenters. The van der Waals surface area contributed by atoms with E-state index in [1.54, 1.807) is 18.3 Å². The Labute approximate surface area is 132 Å². The molecule has 0 saturated heterocycles. The molecule has 6 nitrogen and oxygen atoms in total. The number of benzene rings is 1. The van der Waals surface area contributed by atoms with Crippen molar-refractivity contribution in [1.82, 2.24) is 9.71 Å². The third-order valence-electron chi connectivity index (χ3n) is 3.30. The summed E-state index contributed by atoms with van der Waals surface area (Å²) in [6.45, 7) is 0. The molecule has 2 aromatic rings. The molecule has 1 amide bonds. The number of nitrogens with zero attached hydrogens (tertiary/aromatic N) is 1. The van der Waals surface area contributed by atoms with Crippen LogP contribution in [0, 0.1) is 5.82 Å². The van der Waals surface area contributed by atoms with Crippen molar-refractivity contribution in [3.63, 3.8) is 0 Å². The number of sulfonamides is 1. The SMILES string of the molecule is O=C(Nc1cccnc1)c1ccc(F)c(S(=O)(=O)NC2CC2)c1. The predicted molar refractivity (Wildman–Crippen MR) is 81.9 cm³/mol. The van der Waals surface area contributed by atoms with Gasteiger partial charge in [-0.1, -0.05) is 0 Å². The lowest BCUT2D eigenvalue weighted by atomic mass is 10.2. The number of nitrogens with one attached hydrogen (secondary N) is 2. The summed E-state index contributed by atoms with van der Waals surface area (Å²) < 4.78 is 40.5. The Kier molecular flexibility index (Phi) is 4.10. The second-order valence-corrected chi connectivity index (χ2v) is 6.92. The topological polar surface area (TPSA) is 88.2 Å². The molecule has 1 heterocycles. The number of rotatable bonds is 5. The number of hydrogen-bond acceptors (Lipinski definition) is 4. The molecule has 3 rings (SSSR count). The van der Waals surface area contributed by atoms with E-state index in [4.69, 9.17) is 0 Å². The lowest BCUT2D eigenvalue weighted by Crippen LogP contribution is -2.27. The van der Waals surface area contributed by atoms with E-state index in [9.17, 15) is 17.6 Å². The Bertz CT molecular complexity index is 836. The average Bonchev–Trinajstić information content (AvgIpc) is 3.31. The second-order valence-electron chi connectivity index (χ2n) is 5.24. The molecule has 120 valence electrons. The summed E-state index contributed by atoms with van der Waals surface area (Å²) >= 11 is 0. The first kappa shape index (κ1) is 15.6. The maximum atomic E-state index is 13.9. The van der Waals surface area contributed by atoms with Crippen LogP contribution in [0.5, 0.6) is 0 Å². The van der Waals surface area contributed by atoms with Crippen molar-refractivity contribution in [2.45, 2.75) is 23.8 Å². The first-order chi connectivity index (χ1) is 11.0. The smallest absolute Gasteiger partial charge is 0.255 e. The fourth-order valence-electron chi connectivity index (χ4n) is 1.97. The zero-order valence-electron chi connectivity index (χ0n) is 12.0. The normalized spacial score (nSPS) is 14.5. The van der Waals surface area contributed by atoms with Crippen LogP contribution in [-0.2, 0) is 10.0 Å². The van der Waals surface area contributed by atoms with E-state index in [0.29, 0.717) is 5.69 Å². The number of carbonyl (C=O) groups is 1. The van der Waals surface area contributed by atoms with Crippen molar-refractivity contribution < 1.29 is 17.6 Å². The number of halogens is 1. The van der Waals surface area contributed by atoms with Gasteiger partial charge in [0.05, 0.1) is 11.9 Å². The highest BCUT2D eigenvalue weighted by molar-refractivity contribution is 7.89.